The Balaban J connectivity index is 2.05. The number of ether oxygens (including phenoxy) is 1. The van der Waals surface area contributed by atoms with Gasteiger partial charge in [0, 0.05) is 12.7 Å². The zero-order chi connectivity index (χ0) is 12.1. The lowest BCUT2D eigenvalue weighted by Gasteiger charge is -2.07. The number of benzene rings is 1. The highest BCUT2D eigenvalue weighted by Gasteiger charge is 2.01. The van der Waals surface area contributed by atoms with Gasteiger partial charge in [-0.1, -0.05) is 12.1 Å². The van der Waals surface area contributed by atoms with Crippen LogP contribution in [0.5, 0.6) is 5.75 Å². The molecule has 0 saturated heterocycles. The van der Waals surface area contributed by atoms with E-state index in [9.17, 15) is 4.39 Å². The number of nitrogens with one attached hydrogen (secondary N) is 1. The van der Waals surface area contributed by atoms with E-state index in [-0.39, 0.29) is 11.6 Å². The topological polar surface area (TPSA) is 34.1 Å². The molecule has 1 heterocycles. The van der Waals surface area contributed by atoms with Gasteiger partial charge in [-0.2, -0.15) is 0 Å². The van der Waals surface area contributed by atoms with Crippen molar-refractivity contribution in [2.24, 2.45) is 0 Å². The number of hydrogen-bond acceptors (Lipinski definition) is 3. The third-order valence-electron chi connectivity index (χ3n) is 2.35. The van der Waals surface area contributed by atoms with Gasteiger partial charge in [-0.3, -0.25) is 0 Å². The molecule has 0 aliphatic heterocycles. The van der Waals surface area contributed by atoms with E-state index in [4.69, 9.17) is 4.74 Å². The normalized spacial score (nSPS) is 10.0. The number of nitrogens with zero attached hydrogens (tertiary/aromatic N) is 1. The monoisotopic (exact) mass is 232 g/mol. The molecular weight excluding hydrogens is 219 g/mol. The Bertz CT molecular complexity index is 502. The third kappa shape index (κ3) is 2.93. The maximum absolute atomic E-state index is 13.3. The van der Waals surface area contributed by atoms with E-state index in [1.165, 1.54) is 6.07 Å². The molecule has 0 radical (unpaired) electrons. The van der Waals surface area contributed by atoms with E-state index in [0.717, 1.165) is 11.3 Å². The third-order valence-corrected chi connectivity index (χ3v) is 2.35. The molecule has 3 nitrogen and oxygen atoms in total. The van der Waals surface area contributed by atoms with Crippen LogP contribution < -0.4 is 10.1 Å². The van der Waals surface area contributed by atoms with Crippen molar-refractivity contribution in [1.82, 2.24) is 4.98 Å². The fourth-order valence-corrected chi connectivity index (χ4v) is 1.48. The second-order valence-electron chi connectivity index (χ2n) is 3.54. The fourth-order valence-electron chi connectivity index (χ4n) is 1.48. The summed E-state index contributed by atoms with van der Waals surface area (Å²) in [5, 5.41) is 2.94. The first-order chi connectivity index (χ1) is 8.29. The number of anilines is 1. The van der Waals surface area contributed by atoms with E-state index in [1.807, 2.05) is 24.3 Å². The van der Waals surface area contributed by atoms with Gasteiger partial charge in [0.05, 0.1) is 7.11 Å². The molecule has 0 bridgehead atoms. The molecule has 0 atom stereocenters. The summed E-state index contributed by atoms with van der Waals surface area (Å²) in [5.74, 6) is 0.691. The Morgan fingerprint density at radius 1 is 1.29 bits per heavy atom. The Morgan fingerprint density at radius 3 is 2.94 bits per heavy atom. The predicted octanol–water partition coefficient (Wildman–Crippen LogP) is 2.84. The lowest BCUT2D eigenvalue weighted by molar-refractivity contribution is 0.414. The van der Waals surface area contributed by atoms with Gasteiger partial charge in [-0.15, -0.1) is 0 Å². The molecule has 88 valence electrons. The second-order valence-corrected chi connectivity index (χ2v) is 3.54. The lowest BCUT2D eigenvalue weighted by atomic mass is 10.2. The van der Waals surface area contributed by atoms with Crippen LogP contribution in [0.2, 0.25) is 0 Å². The van der Waals surface area contributed by atoms with Crippen LogP contribution in [0, 0.1) is 5.82 Å². The summed E-state index contributed by atoms with van der Waals surface area (Å²) in [6, 6.07) is 10.5. The van der Waals surface area contributed by atoms with Gasteiger partial charge in [0.25, 0.3) is 0 Å². The van der Waals surface area contributed by atoms with Crippen LogP contribution in [-0.4, -0.2) is 12.1 Å². The van der Waals surface area contributed by atoms with Gasteiger partial charge < -0.3 is 10.1 Å². The van der Waals surface area contributed by atoms with Crippen molar-refractivity contribution >= 4 is 5.82 Å². The molecule has 1 aromatic heterocycles. The van der Waals surface area contributed by atoms with E-state index >= 15 is 0 Å². The molecule has 2 rings (SSSR count). The highest BCUT2D eigenvalue weighted by Crippen LogP contribution is 2.15. The quantitative estimate of drug-likeness (QED) is 0.880. The number of aromatic nitrogens is 1. The Kier molecular flexibility index (Phi) is 3.55. The summed E-state index contributed by atoms with van der Waals surface area (Å²) in [4.78, 5) is 3.92. The van der Waals surface area contributed by atoms with Gasteiger partial charge in [-0.05, 0) is 29.8 Å². The average molecular weight is 232 g/mol. The van der Waals surface area contributed by atoms with Crippen LogP contribution in [0.3, 0.4) is 0 Å². The SMILES string of the molecule is COc1cccc(CNc2ncccc2F)c1. The van der Waals surface area contributed by atoms with Crippen LogP contribution in [-0.2, 0) is 6.54 Å². The Labute approximate surface area is 99.3 Å². The maximum Gasteiger partial charge on any atom is 0.165 e. The average Bonchev–Trinajstić information content (AvgIpc) is 2.38. The van der Waals surface area contributed by atoms with Crippen LogP contribution in [0.4, 0.5) is 10.2 Å². The minimum Gasteiger partial charge on any atom is -0.497 e. The molecule has 1 aromatic carbocycles. The number of methoxy groups -OCH3 is 1. The molecule has 4 heteroatoms. The van der Waals surface area contributed by atoms with Crippen molar-refractivity contribution in [1.29, 1.82) is 0 Å². The van der Waals surface area contributed by atoms with Crippen molar-refractivity contribution in [3.05, 3.63) is 54.0 Å². The summed E-state index contributed by atoms with van der Waals surface area (Å²) in [6.45, 7) is 0.505. The minimum absolute atomic E-state index is 0.260. The van der Waals surface area contributed by atoms with Gasteiger partial charge in [-0.25, -0.2) is 9.37 Å². The molecular formula is C13H13FN2O. The van der Waals surface area contributed by atoms with E-state index < -0.39 is 0 Å². The van der Waals surface area contributed by atoms with Crippen LogP contribution in [0.15, 0.2) is 42.6 Å². The van der Waals surface area contributed by atoms with Crippen LogP contribution >= 0.6 is 0 Å². The maximum atomic E-state index is 13.3. The van der Waals surface area contributed by atoms with Crippen molar-refractivity contribution in [3.63, 3.8) is 0 Å². The number of pyridine rings is 1. The molecule has 2 aromatic rings. The minimum atomic E-state index is -0.351. The summed E-state index contributed by atoms with van der Waals surface area (Å²) in [7, 11) is 1.62. The molecule has 0 aliphatic carbocycles. The first-order valence-electron chi connectivity index (χ1n) is 5.27. The van der Waals surface area contributed by atoms with Crippen molar-refractivity contribution in [2.75, 3.05) is 12.4 Å². The first kappa shape index (κ1) is 11.4. The molecule has 0 saturated carbocycles. The number of halogens is 1. The molecule has 0 aliphatic rings. The van der Waals surface area contributed by atoms with E-state index in [1.54, 1.807) is 19.4 Å². The first-order valence-corrected chi connectivity index (χ1v) is 5.27. The van der Waals surface area contributed by atoms with Gasteiger partial charge >= 0.3 is 0 Å². The molecule has 17 heavy (non-hydrogen) atoms. The van der Waals surface area contributed by atoms with Gasteiger partial charge in [0.2, 0.25) is 0 Å². The second kappa shape index (κ2) is 5.30. The van der Waals surface area contributed by atoms with Gasteiger partial charge in [0.1, 0.15) is 5.75 Å². The summed E-state index contributed by atoms with van der Waals surface area (Å²) >= 11 is 0. The Morgan fingerprint density at radius 2 is 2.18 bits per heavy atom. The highest BCUT2D eigenvalue weighted by molar-refractivity contribution is 5.38. The molecule has 0 unspecified atom stereocenters. The van der Waals surface area contributed by atoms with E-state index in [0.29, 0.717) is 6.54 Å². The fraction of sp³-hybridized carbons (Fsp3) is 0.154. The molecule has 0 fully saturated rings. The smallest absolute Gasteiger partial charge is 0.165 e. The summed E-state index contributed by atoms with van der Waals surface area (Å²) in [5.41, 5.74) is 1.01. The molecule has 0 spiro atoms. The summed E-state index contributed by atoms with van der Waals surface area (Å²) in [6.07, 6.45) is 1.55. The molecule has 1 N–H and O–H groups in total. The van der Waals surface area contributed by atoms with Crippen LogP contribution in [0.1, 0.15) is 5.56 Å². The lowest BCUT2D eigenvalue weighted by Crippen LogP contribution is -2.03. The van der Waals surface area contributed by atoms with Gasteiger partial charge in [0.15, 0.2) is 11.6 Å². The predicted molar refractivity (Wildman–Crippen MR) is 64.5 cm³/mol. The Hall–Kier alpha value is -2.10. The highest BCUT2D eigenvalue weighted by atomic mass is 19.1. The van der Waals surface area contributed by atoms with Crippen LogP contribution in [0.25, 0.3) is 0 Å². The summed E-state index contributed by atoms with van der Waals surface area (Å²) < 4.78 is 18.4. The van der Waals surface area contributed by atoms with Crippen molar-refractivity contribution in [2.45, 2.75) is 6.54 Å². The zero-order valence-corrected chi connectivity index (χ0v) is 9.48. The largest absolute Gasteiger partial charge is 0.497 e. The van der Waals surface area contributed by atoms with Crippen molar-refractivity contribution in [3.8, 4) is 5.75 Å². The standard InChI is InChI=1S/C13H13FN2O/c1-17-11-5-2-4-10(8-11)9-16-13-12(14)6-3-7-15-13/h2-8H,9H2,1H3,(H,15,16). The number of hydrogen-bond donors (Lipinski definition) is 1. The zero-order valence-electron chi connectivity index (χ0n) is 9.48. The van der Waals surface area contributed by atoms with Crippen molar-refractivity contribution < 1.29 is 9.13 Å². The molecule has 0 amide bonds. The number of rotatable bonds is 4. The van der Waals surface area contributed by atoms with E-state index in [2.05, 4.69) is 10.3 Å².